The minimum absolute atomic E-state index is 0.291. The summed E-state index contributed by atoms with van der Waals surface area (Å²) in [5, 5.41) is 10.1. The van der Waals surface area contributed by atoms with Gasteiger partial charge in [0.05, 0.1) is 6.54 Å². The summed E-state index contributed by atoms with van der Waals surface area (Å²) >= 11 is 0. The molecule has 0 saturated heterocycles. The fourth-order valence-corrected chi connectivity index (χ4v) is 1.21. The lowest BCUT2D eigenvalue weighted by molar-refractivity contribution is 0.163. The van der Waals surface area contributed by atoms with Gasteiger partial charge in [0.15, 0.2) is 0 Å². The van der Waals surface area contributed by atoms with Crippen molar-refractivity contribution in [1.29, 1.82) is 5.41 Å². The number of hydrogen-bond acceptors (Lipinski definition) is 3. The molecule has 0 saturated carbocycles. The van der Waals surface area contributed by atoms with Gasteiger partial charge in [0, 0.05) is 22.6 Å². The second-order valence-corrected chi connectivity index (χ2v) is 3.20. The molecule has 1 aromatic carbocycles. The lowest BCUT2D eigenvalue weighted by Crippen LogP contribution is -2.12. The molecule has 96 valence electrons. The molecule has 0 aromatic heterocycles. The average molecular weight is 243 g/mol. The highest BCUT2D eigenvalue weighted by Gasteiger charge is 2.07. The number of hydrogen-bond donors (Lipinski definition) is 3. The number of alkyl halides is 2. The standard InChI is InChI=1S/C10H13F2N3.C2H6/c1-6(13)8-4-7(14)2-3-9(8)15-5-10(11)12;1-2/h2-4,10,13,15H,5,14H2,1H3;1-2H3. The van der Waals surface area contributed by atoms with Crippen molar-refractivity contribution in [2.24, 2.45) is 0 Å². The van der Waals surface area contributed by atoms with E-state index in [0.717, 1.165) is 0 Å². The first-order chi connectivity index (χ1) is 8.00. The number of nitrogens with one attached hydrogen (secondary N) is 2. The lowest BCUT2D eigenvalue weighted by atomic mass is 10.1. The normalized spacial score (nSPS) is 9.53. The Morgan fingerprint density at radius 1 is 1.41 bits per heavy atom. The first-order valence-electron chi connectivity index (χ1n) is 5.47. The van der Waals surface area contributed by atoms with E-state index in [1.807, 2.05) is 13.8 Å². The lowest BCUT2D eigenvalue weighted by Gasteiger charge is -2.11. The number of halogens is 2. The third-order valence-corrected chi connectivity index (χ3v) is 1.89. The maximum absolute atomic E-state index is 12.0. The molecular weight excluding hydrogens is 224 g/mol. The van der Waals surface area contributed by atoms with Gasteiger partial charge in [-0.1, -0.05) is 13.8 Å². The molecule has 0 spiro atoms. The Morgan fingerprint density at radius 2 is 2.00 bits per heavy atom. The Labute approximate surface area is 101 Å². The number of rotatable bonds is 4. The highest BCUT2D eigenvalue weighted by Crippen LogP contribution is 2.19. The third kappa shape index (κ3) is 5.29. The maximum Gasteiger partial charge on any atom is 0.255 e. The van der Waals surface area contributed by atoms with Gasteiger partial charge in [-0.05, 0) is 25.1 Å². The first kappa shape index (κ1) is 15.3. The van der Waals surface area contributed by atoms with E-state index in [4.69, 9.17) is 11.1 Å². The Morgan fingerprint density at radius 3 is 2.47 bits per heavy atom. The molecule has 0 fully saturated rings. The Kier molecular flexibility index (Phi) is 6.86. The van der Waals surface area contributed by atoms with Crippen LogP contribution in [-0.4, -0.2) is 18.7 Å². The van der Waals surface area contributed by atoms with Crippen LogP contribution in [-0.2, 0) is 0 Å². The van der Waals surface area contributed by atoms with Gasteiger partial charge in [-0.3, -0.25) is 0 Å². The molecule has 0 bridgehead atoms. The van der Waals surface area contributed by atoms with Crippen molar-refractivity contribution in [3.63, 3.8) is 0 Å². The summed E-state index contributed by atoms with van der Waals surface area (Å²) in [4.78, 5) is 0. The van der Waals surface area contributed by atoms with Crippen molar-refractivity contribution < 1.29 is 8.78 Å². The van der Waals surface area contributed by atoms with E-state index in [9.17, 15) is 8.78 Å². The molecule has 1 aromatic rings. The summed E-state index contributed by atoms with van der Waals surface area (Å²) in [6.07, 6.45) is -2.42. The Balaban J connectivity index is 0.00000121. The zero-order valence-electron chi connectivity index (χ0n) is 10.3. The monoisotopic (exact) mass is 243 g/mol. The number of nitrogens with two attached hydrogens (primary N) is 1. The van der Waals surface area contributed by atoms with Crippen LogP contribution in [0.15, 0.2) is 18.2 Å². The van der Waals surface area contributed by atoms with E-state index >= 15 is 0 Å². The van der Waals surface area contributed by atoms with Gasteiger partial charge in [-0.25, -0.2) is 8.78 Å². The van der Waals surface area contributed by atoms with Crippen molar-refractivity contribution in [3.8, 4) is 0 Å². The van der Waals surface area contributed by atoms with Gasteiger partial charge in [0.2, 0.25) is 0 Å². The minimum Gasteiger partial charge on any atom is -0.399 e. The summed E-state index contributed by atoms with van der Waals surface area (Å²) in [6, 6.07) is 4.81. The zero-order valence-corrected chi connectivity index (χ0v) is 10.3. The maximum atomic E-state index is 12.0. The summed E-state index contributed by atoms with van der Waals surface area (Å²) < 4.78 is 24.0. The van der Waals surface area contributed by atoms with E-state index in [1.54, 1.807) is 25.1 Å². The largest absolute Gasteiger partial charge is 0.399 e. The minimum atomic E-state index is -2.42. The summed E-state index contributed by atoms with van der Waals surface area (Å²) in [7, 11) is 0. The van der Waals surface area contributed by atoms with E-state index in [0.29, 0.717) is 22.6 Å². The number of anilines is 2. The van der Waals surface area contributed by atoms with Crippen LogP contribution < -0.4 is 11.1 Å². The van der Waals surface area contributed by atoms with Gasteiger partial charge < -0.3 is 16.5 Å². The van der Waals surface area contributed by atoms with Crippen LogP contribution in [0, 0.1) is 5.41 Å². The first-order valence-corrected chi connectivity index (χ1v) is 5.47. The van der Waals surface area contributed by atoms with E-state index < -0.39 is 13.0 Å². The van der Waals surface area contributed by atoms with Gasteiger partial charge in [-0.15, -0.1) is 0 Å². The average Bonchev–Trinajstić information content (AvgIpc) is 2.29. The van der Waals surface area contributed by atoms with Crippen LogP contribution in [0.25, 0.3) is 0 Å². The van der Waals surface area contributed by atoms with Crippen molar-refractivity contribution in [1.82, 2.24) is 0 Å². The summed E-state index contributed by atoms with van der Waals surface area (Å²) in [5.74, 6) is 0. The van der Waals surface area contributed by atoms with Gasteiger partial charge in [0.1, 0.15) is 0 Å². The smallest absolute Gasteiger partial charge is 0.255 e. The summed E-state index contributed by atoms with van der Waals surface area (Å²) in [6.45, 7) is 5.16. The van der Waals surface area contributed by atoms with Crippen molar-refractivity contribution in [2.75, 3.05) is 17.6 Å². The third-order valence-electron chi connectivity index (χ3n) is 1.89. The molecule has 0 heterocycles. The quantitative estimate of drug-likeness (QED) is 0.561. The SMILES string of the molecule is CC.CC(=N)c1cc(N)ccc1NCC(F)F. The highest BCUT2D eigenvalue weighted by atomic mass is 19.3. The van der Waals surface area contributed by atoms with Crippen LogP contribution in [0.3, 0.4) is 0 Å². The fourth-order valence-electron chi connectivity index (χ4n) is 1.21. The predicted octanol–water partition coefficient (Wildman–Crippen LogP) is 3.36. The van der Waals surface area contributed by atoms with Crippen molar-refractivity contribution in [2.45, 2.75) is 27.2 Å². The predicted molar refractivity (Wildman–Crippen MR) is 69.2 cm³/mol. The molecule has 17 heavy (non-hydrogen) atoms. The number of nitrogen functional groups attached to an aromatic ring is 1. The topological polar surface area (TPSA) is 61.9 Å². The van der Waals surface area contributed by atoms with E-state index in [1.165, 1.54) is 0 Å². The zero-order chi connectivity index (χ0) is 13.4. The molecule has 0 aliphatic heterocycles. The van der Waals surface area contributed by atoms with E-state index in [2.05, 4.69) is 5.32 Å². The van der Waals surface area contributed by atoms with Crippen LogP contribution in [0.1, 0.15) is 26.3 Å². The molecule has 1 rings (SSSR count). The molecule has 0 atom stereocenters. The van der Waals surface area contributed by atoms with Gasteiger partial charge >= 0.3 is 0 Å². The Bertz CT molecular complexity index is 365. The second-order valence-electron chi connectivity index (χ2n) is 3.20. The fraction of sp³-hybridized carbons (Fsp3) is 0.417. The van der Waals surface area contributed by atoms with Crippen LogP contribution >= 0.6 is 0 Å². The molecule has 0 radical (unpaired) electrons. The van der Waals surface area contributed by atoms with Gasteiger partial charge in [-0.2, -0.15) is 0 Å². The molecule has 0 amide bonds. The van der Waals surface area contributed by atoms with Crippen LogP contribution in [0.5, 0.6) is 0 Å². The second kappa shape index (κ2) is 7.60. The molecule has 4 N–H and O–H groups in total. The molecule has 0 aliphatic rings. The van der Waals surface area contributed by atoms with Crippen molar-refractivity contribution >= 4 is 17.1 Å². The molecule has 0 unspecified atom stereocenters. The highest BCUT2D eigenvalue weighted by molar-refractivity contribution is 6.02. The van der Waals surface area contributed by atoms with Crippen LogP contribution in [0.4, 0.5) is 20.2 Å². The molecular formula is C12H19F2N3. The van der Waals surface area contributed by atoms with Crippen molar-refractivity contribution in [3.05, 3.63) is 23.8 Å². The molecule has 3 nitrogen and oxygen atoms in total. The molecule has 5 heteroatoms. The Hall–Kier alpha value is -1.65. The number of benzene rings is 1. The molecule has 0 aliphatic carbocycles. The van der Waals surface area contributed by atoms with E-state index in [-0.39, 0.29) is 0 Å². The van der Waals surface area contributed by atoms with Crippen LogP contribution in [0.2, 0.25) is 0 Å². The van der Waals surface area contributed by atoms with Gasteiger partial charge in [0.25, 0.3) is 6.43 Å². The summed E-state index contributed by atoms with van der Waals surface area (Å²) in [5.41, 5.74) is 7.42.